The number of piperazine rings is 1. The molecule has 0 bridgehead atoms. The van der Waals surface area contributed by atoms with Gasteiger partial charge in [0.05, 0.1) is 5.69 Å². The topological polar surface area (TPSA) is 82.9 Å². The molecule has 3 rings (SSSR count). The molecule has 0 spiro atoms. The molecule has 0 saturated carbocycles. The van der Waals surface area contributed by atoms with E-state index in [4.69, 9.17) is 4.52 Å². The van der Waals surface area contributed by atoms with Crippen LogP contribution in [0.25, 0.3) is 11.6 Å². The Morgan fingerprint density at radius 3 is 2.88 bits per heavy atom. The molecule has 0 radical (unpaired) electrons. The van der Waals surface area contributed by atoms with E-state index in [0.29, 0.717) is 11.6 Å². The molecular formula is C10H14N6O. The van der Waals surface area contributed by atoms with Crippen molar-refractivity contribution in [2.75, 3.05) is 31.1 Å². The SMILES string of the molecule is Cc1cc(-c2nc(N3CCNCC3)n[nH]2)on1. The van der Waals surface area contributed by atoms with Crippen LogP contribution in [0, 0.1) is 6.92 Å². The number of hydrogen-bond acceptors (Lipinski definition) is 6. The Kier molecular flexibility index (Phi) is 2.52. The molecule has 0 amide bonds. The molecule has 0 aromatic carbocycles. The Hall–Kier alpha value is -1.89. The second-order valence-corrected chi connectivity index (χ2v) is 4.05. The Morgan fingerprint density at radius 1 is 1.35 bits per heavy atom. The molecular weight excluding hydrogens is 220 g/mol. The van der Waals surface area contributed by atoms with Crippen LogP contribution in [0.15, 0.2) is 10.6 Å². The molecule has 1 aliphatic rings. The lowest BCUT2D eigenvalue weighted by molar-refractivity contribution is 0.424. The van der Waals surface area contributed by atoms with E-state index in [1.165, 1.54) is 0 Å². The highest BCUT2D eigenvalue weighted by molar-refractivity contribution is 5.49. The predicted octanol–water partition coefficient (Wildman–Crippen LogP) is 0.178. The minimum Gasteiger partial charge on any atom is -0.353 e. The zero-order chi connectivity index (χ0) is 11.7. The van der Waals surface area contributed by atoms with Crippen LogP contribution in [0.1, 0.15) is 5.69 Å². The number of aromatic amines is 1. The first-order valence-corrected chi connectivity index (χ1v) is 5.65. The molecule has 2 N–H and O–H groups in total. The first-order valence-electron chi connectivity index (χ1n) is 5.65. The summed E-state index contributed by atoms with van der Waals surface area (Å²) in [5.74, 6) is 1.96. The van der Waals surface area contributed by atoms with Crippen molar-refractivity contribution >= 4 is 5.95 Å². The van der Waals surface area contributed by atoms with Crippen molar-refractivity contribution in [1.29, 1.82) is 0 Å². The quantitative estimate of drug-likeness (QED) is 0.771. The number of H-pyrrole nitrogens is 1. The van der Waals surface area contributed by atoms with Gasteiger partial charge in [-0.15, -0.1) is 5.10 Å². The van der Waals surface area contributed by atoms with Gasteiger partial charge in [-0.25, -0.2) is 0 Å². The Balaban J connectivity index is 1.82. The summed E-state index contributed by atoms with van der Waals surface area (Å²) in [4.78, 5) is 6.55. The maximum atomic E-state index is 5.14. The number of hydrogen-bond donors (Lipinski definition) is 2. The van der Waals surface area contributed by atoms with Gasteiger partial charge in [0.1, 0.15) is 0 Å². The lowest BCUT2D eigenvalue weighted by Gasteiger charge is -2.25. The van der Waals surface area contributed by atoms with Crippen molar-refractivity contribution in [3.8, 4) is 11.6 Å². The van der Waals surface area contributed by atoms with Crippen molar-refractivity contribution < 1.29 is 4.52 Å². The monoisotopic (exact) mass is 234 g/mol. The second kappa shape index (κ2) is 4.17. The minimum atomic E-state index is 0.622. The molecule has 2 aromatic rings. The van der Waals surface area contributed by atoms with Gasteiger partial charge >= 0.3 is 0 Å². The van der Waals surface area contributed by atoms with Crippen LogP contribution < -0.4 is 10.2 Å². The second-order valence-electron chi connectivity index (χ2n) is 4.05. The van der Waals surface area contributed by atoms with Crippen molar-refractivity contribution in [2.24, 2.45) is 0 Å². The zero-order valence-corrected chi connectivity index (χ0v) is 9.60. The van der Waals surface area contributed by atoms with Gasteiger partial charge in [-0.05, 0) is 6.92 Å². The van der Waals surface area contributed by atoms with Crippen molar-refractivity contribution in [3.63, 3.8) is 0 Å². The molecule has 7 nitrogen and oxygen atoms in total. The van der Waals surface area contributed by atoms with Crippen LogP contribution in [0.3, 0.4) is 0 Å². The third kappa shape index (κ3) is 2.01. The maximum absolute atomic E-state index is 5.14. The molecule has 0 unspecified atom stereocenters. The van der Waals surface area contributed by atoms with E-state index < -0.39 is 0 Å². The van der Waals surface area contributed by atoms with Gasteiger partial charge in [-0.1, -0.05) is 5.16 Å². The van der Waals surface area contributed by atoms with Gasteiger partial charge < -0.3 is 14.7 Å². The van der Waals surface area contributed by atoms with E-state index in [0.717, 1.165) is 37.8 Å². The summed E-state index contributed by atoms with van der Waals surface area (Å²) in [6, 6.07) is 1.84. The van der Waals surface area contributed by atoms with Crippen LogP contribution in [0.2, 0.25) is 0 Å². The standard InChI is InChI=1S/C10H14N6O/c1-7-6-8(17-15-7)9-12-10(14-13-9)16-4-2-11-3-5-16/h6,11H,2-5H2,1H3,(H,12,13,14). The molecule has 0 atom stereocenters. The highest BCUT2D eigenvalue weighted by atomic mass is 16.5. The first-order chi connectivity index (χ1) is 8.33. The lowest BCUT2D eigenvalue weighted by Crippen LogP contribution is -2.44. The Morgan fingerprint density at radius 2 is 2.18 bits per heavy atom. The smallest absolute Gasteiger partial charge is 0.245 e. The van der Waals surface area contributed by atoms with Crippen molar-refractivity contribution in [2.45, 2.75) is 6.92 Å². The number of nitrogens with zero attached hydrogens (tertiary/aromatic N) is 4. The third-order valence-corrected chi connectivity index (χ3v) is 2.73. The number of nitrogens with one attached hydrogen (secondary N) is 2. The fourth-order valence-electron chi connectivity index (χ4n) is 1.84. The van der Waals surface area contributed by atoms with E-state index in [2.05, 4.69) is 30.6 Å². The fraction of sp³-hybridized carbons (Fsp3) is 0.500. The molecule has 7 heteroatoms. The predicted molar refractivity (Wildman–Crippen MR) is 61.7 cm³/mol. The molecule has 2 aromatic heterocycles. The van der Waals surface area contributed by atoms with Gasteiger partial charge in [-0.3, -0.25) is 5.10 Å². The van der Waals surface area contributed by atoms with Crippen molar-refractivity contribution in [3.05, 3.63) is 11.8 Å². The maximum Gasteiger partial charge on any atom is 0.245 e. The molecule has 1 aliphatic heterocycles. The average molecular weight is 234 g/mol. The molecule has 3 heterocycles. The minimum absolute atomic E-state index is 0.622. The number of aromatic nitrogens is 4. The van der Waals surface area contributed by atoms with E-state index in [1.54, 1.807) is 0 Å². The van der Waals surface area contributed by atoms with E-state index >= 15 is 0 Å². The summed E-state index contributed by atoms with van der Waals surface area (Å²) in [6.45, 7) is 5.65. The Labute approximate surface area is 98.2 Å². The van der Waals surface area contributed by atoms with Gasteiger partial charge in [0.25, 0.3) is 0 Å². The molecule has 90 valence electrons. The molecule has 1 fully saturated rings. The normalized spacial score (nSPS) is 16.4. The van der Waals surface area contributed by atoms with E-state index in [-0.39, 0.29) is 0 Å². The van der Waals surface area contributed by atoms with Crippen LogP contribution in [0.5, 0.6) is 0 Å². The average Bonchev–Trinajstić information content (AvgIpc) is 2.98. The first kappa shape index (κ1) is 10.3. The fourth-order valence-corrected chi connectivity index (χ4v) is 1.84. The summed E-state index contributed by atoms with van der Waals surface area (Å²) in [5, 5.41) is 14.2. The largest absolute Gasteiger partial charge is 0.353 e. The van der Waals surface area contributed by atoms with Gasteiger partial charge in [0.15, 0.2) is 5.82 Å². The molecule has 1 saturated heterocycles. The van der Waals surface area contributed by atoms with Crippen LogP contribution in [-0.2, 0) is 0 Å². The summed E-state index contributed by atoms with van der Waals surface area (Å²) in [6.07, 6.45) is 0. The number of aryl methyl sites for hydroxylation is 1. The summed E-state index contributed by atoms with van der Waals surface area (Å²) in [7, 11) is 0. The lowest BCUT2D eigenvalue weighted by atomic mass is 10.4. The Bertz CT molecular complexity index is 498. The van der Waals surface area contributed by atoms with Crippen molar-refractivity contribution in [1.82, 2.24) is 25.7 Å². The van der Waals surface area contributed by atoms with Gasteiger partial charge in [-0.2, -0.15) is 4.98 Å². The summed E-state index contributed by atoms with van der Waals surface area (Å²) < 4.78 is 5.14. The van der Waals surface area contributed by atoms with Crippen LogP contribution in [0.4, 0.5) is 5.95 Å². The number of anilines is 1. The number of rotatable bonds is 2. The highest BCUT2D eigenvalue weighted by Crippen LogP contribution is 2.18. The molecule has 0 aliphatic carbocycles. The summed E-state index contributed by atoms with van der Waals surface area (Å²) >= 11 is 0. The van der Waals surface area contributed by atoms with E-state index in [9.17, 15) is 0 Å². The van der Waals surface area contributed by atoms with E-state index in [1.807, 2.05) is 13.0 Å². The highest BCUT2D eigenvalue weighted by Gasteiger charge is 2.16. The third-order valence-electron chi connectivity index (χ3n) is 2.73. The zero-order valence-electron chi connectivity index (χ0n) is 9.60. The van der Waals surface area contributed by atoms with Crippen LogP contribution >= 0.6 is 0 Å². The van der Waals surface area contributed by atoms with Gasteiger partial charge in [0.2, 0.25) is 11.7 Å². The van der Waals surface area contributed by atoms with Crippen LogP contribution in [-0.4, -0.2) is 46.5 Å². The molecule has 17 heavy (non-hydrogen) atoms. The summed E-state index contributed by atoms with van der Waals surface area (Å²) in [5.41, 5.74) is 0.833. The van der Waals surface area contributed by atoms with Gasteiger partial charge in [0, 0.05) is 32.2 Å².